The predicted molar refractivity (Wildman–Crippen MR) is 94.1 cm³/mol. The van der Waals surface area contributed by atoms with Crippen LogP contribution in [0.3, 0.4) is 0 Å². The third-order valence-electron chi connectivity index (χ3n) is 3.81. The molecule has 1 aromatic carbocycles. The summed E-state index contributed by atoms with van der Waals surface area (Å²) < 4.78 is 5.37. The molecular weight excluding hydrogens is 322 g/mol. The van der Waals surface area contributed by atoms with Crippen molar-refractivity contribution in [3.63, 3.8) is 0 Å². The van der Waals surface area contributed by atoms with E-state index in [2.05, 4.69) is 6.58 Å². The highest BCUT2D eigenvalue weighted by Gasteiger charge is 2.26. The minimum atomic E-state index is -0.396. The first kappa shape index (κ1) is 18.6. The maximum Gasteiger partial charge on any atom is 0.257 e. The number of rotatable bonds is 7. The molecule has 0 unspecified atom stereocenters. The molecule has 1 aliphatic heterocycles. The second kappa shape index (κ2) is 8.39. The summed E-state index contributed by atoms with van der Waals surface area (Å²) in [6, 6.07) is 5.51. The summed E-state index contributed by atoms with van der Waals surface area (Å²) in [5, 5.41) is 28.4. The van der Waals surface area contributed by atoms with Gasteiger partial charge in [0.1, 0.15) is 23.9 Å². The molecule has 0 saturated heterocycles. The Morgan fingerprint density at radius 2 is 2.04 bits per heavy atom. The molecule has 0 aromatic heterocycles. The van der Waals surface area contributed by atoms with Gasteiger partial charge in [-0.1, -0.05) is 19.6 Å². The van der Waals surface area contributed by atoms with E-state index in [1.807, 2.05) is 19.1 Å². The van der Waals surface area contributed by atoms with Crippen LogP contribution < -0.4 is 4.74 Å². The highest BCUT2D eigenvalue weighted by Crippen LogP contribution is 2.28. The lowest BCUT2D eigenvalue weighted by Crippen LogP contribution is -2.27. The number of amides is 1. The average Bonchev–Trinajstić information content (AvgIpc) is 3.01. The van der Waals surface area contributed by atoms with Crippen molar-refractivity contribution in [2.75, 3.05) is 13.2 Å². The van der Waals surface area contributed by atoms with Gasteiger partial charge in [0.2, 0.25) is 0 Å². The van der Waals surface area contributed by atoms with Crippen molar-refractivity contribution in [1.82, 2.24) is 4.90 Å². The number of aliphatic hydroxyl groups is 3. The second-order valence-electron chi connectivity index (χ2n) is 5.71. The van der Waals surface area contributed by atoms with Gasteiger partial charge >= 0.3 is 0 Å². The average molecular weight is 345 g/mol. The number of fused-ring (bicyclic) bond motifs is 1. The van der Waals surface area contributed by atoms with E-state index < -0.39 is 5.91 Å². The lowest BCUT2D eigenvalue weighted by Gasteiger charge is -2.16. The zero-order valence-electron chi connectivity index (χ0n) is 14.2. The van der Waals surface area contributed by atoms with Crippen LogP contribution >= 0.6 is 0 Å². The van der Waals surface area contributed by atoms with Crippen molar-refractivity contribution in [2.45, 2.75) is 26.4 Å². The largest absolute Gasteiger partial charge is 0.508 e. The Balaban J connectivity index is 2.06. The van der Waals surface area contributed by atoms with E-state index in [4.69, 9.17) is 9.84 Å². The van der Waals surface area contributed by atoms with E-state index in [9.17, 15) is 15.0 Å². The lowest BCUT2D eigenvalue weighted by molar-refractivity contribution is -0.127. The zero-order chi connectivity index (χ0) is 18.4. The summed E-state index contributed by atoms with van der Waals surface area (Å²) in [4.78, 5) is 14.1. The topological polar surface area (TPSA) is 90.2 Å². The van der Waals surface area contributed by atoms with Gasteiger partial charge in [0.25, 0.3) is 5.91 Å². The molecule has 3 N–H and O–H groups in total. The summed E-state index contributed by atoms with van der Waals surface area (Å²) in [5.74, 6) is -0.218. The number of aliphatic hydroxyl groups excluding tert-OH is 3. The van der Waals surface area contributed by atoms with Crippen molar-refractivity contribution < 1.29 is 24.9 Å². The van der Waals surface area contributed by atoms with E-state index >= 15 is 0 Å². The van der Waals surface area contributed by atoms with Crippen molar-refractivity contribution in [2.24, 2.45) is 0 Å². The van der Waals surface area contributed by atoms with Gasteiger partial charge in [0, 0.05) is 19.2 Å². The van der Waals surface area contributed by atoms with Crippen LogP contribution in [0.2, 0.25) is 0 Å². The molecule has 25 heavy (non-hydrogen) atoms. The number of ether oxygens (including phenoxy) is 1. The highest BCUT2D eigenvalue weighted by atomic mass is 16.5. The van der Waals surface area contributed by atoms with Gasteiger partial charge in [-0.15, -0.1) is 0 Å². The van der Waals surface area contributed by atoms with Gasteiger partial charge in [0.15, 0.2) is 0 Å². The van der Waals surface area contributed by atoms with Gasteiger partial charge in [0.05, 0.1) is 12.2 Å². The minimum absolute atomic E-state index is 0.0630. The number of carbonyl (C=O) groups excluding carboxylic acids is 1. The second-order valence-corrected chi connectivity index (χ2v) is 5.71. The quantitative estimate of drug-likeness (QED) is 0.402. The Morgan fingerprint density at radius 1 is 1.32 bits per heavy atom. The van der Waals surface area contributed by atoms with E-state index in [1.165, 1.54) is 6.08 Å². The van der Waals surface area contributed by atoms with Gasteiger partial charge in [-0.3, -0.25) is 4.79 Å². The van der Waals surface area contributed by atoms with E-state index in [0.29, 0.717) is 25.3 Å². The fourth-order valence-electron chi connectivity index (χ4n) is 2.56. The molecule has 1 amide bonds. The van der Waals surface area contributed by atoms with Crippen LogP contribution in [0.25, 0.3) is 0 Å². The van der Waals surface area contributed by atoms with Gasteiger partial charge in [-0.05, 0) is 35.8 Å². The third kappa shape index (κ3) is 4.64. The molecule has 134 valence electrons. The van der Waals surface area contributed by atoms with Crippen molar-refractivity contribution in [3.05, 3.63) is 65.1 Å². The van der Waals surface area contributed by atoms with Gasteiger partial charge in [-0.25, -0.2) is 0 Å². The maximum absolute atomic E-state index is 12.5. The Hall–Kier alpha value is -2.73. The molecule has 2 rings (SSSR count). The number of carbonyl (C=O) groups is 1. The summed E-state index contributed by atoms with van der Waals surface area (Å²) in [7, 11) is 0. The van der Waals surface area contributed by atoms with Crippen LogP contribution in [0.4, 0.5) is 0 Å². The molecule has 6 nitrogen and oxygen atoms in total. The zero-order valence-corrected chi connectivity index (χ0v) is 14.2. The highest BCUT2D eigenvalue weighted by molar-refractivity contribution is 5.96. The van der Waals surface area contributed by atoms with Gasteiger partial charge in [-0.2, -0.15) is 0 Å². The molecule has 0 radical (unpaired) electrons. The molecular formula is C19H23NO5. The summed E-state index contributed by atoms with van der Waals surface area (Å²) >= 11 is 0. The van der Waals surface area contributed by atoms with E-state index in [-0.39, 0.29) is 30.3 Å². The van der Waals surface area contributed by atoms with Crippen LogP contribution in [0, 0.1) is 0 Å². The number of benzene rings is 1. The van der Waals surface area contributed by atoms with Crippen molar-refractivity contribution in [1.29, 1.82) is 0 Å². The molecule has 1 aliphatic rings. The first-order valence-corrected chi connectivity index (χ1v) is 8.10. The monoisotopic (exact) mass is 345 g/mol. The van der Waals surface area contributed by atoms with Crippen LogP contribution in [0.15, 0.2) is 54.0 Å². The Kier molecular flexibility index (Phi) is 6.25. The minimum Gasteiger partial charge on any atom is -0.508 e. The van der Waals surface area contributed by atoms with E-state index in [1.54, 1.807) is 11.0 Å². The van der Waals surface area contributed by atoms with Crippen molar-refractivity contribution in [3.8, 4) is 5.75 Å². The Morgan fingerprint density at radius 3 is 2.72 bits per heavy atom. The lowest BCUT2D eigenvalue weighted by atomic mass is 10.1. The summed E-state index contributed by atoms with van der Waals surface area (Å²) in [5.41, 5.74) is 1.88. The predicted octanol–water partition coefficient (Wildman–Crippen LogP) is 2.75. The molecule has 1 heterocycles. The molecule has 0 spiro atoms. The molecule has 0 fully saturated rings. The Bertz CT molecular complexity index is 721. The molecule has 1 aromatic rings. The maximum atomic E-state index is 12.5. The number of nitrogens with zero attached hydrogens (tertiary/aromatic N) is 1. The standard InChI is InChI=1S/C19H23NO5/c1-3-4-16(22)10-18(23)13(2)19(24)20-11-14-5-6-17(25-8-7-21)9-15(14)12-20/h4-6,9-10,21-23H,2-3,7-8,11-12H2,1H3/b16-4-,18-10+. The van der Waals surface area contributed by atoms with Gasteiger partial charge < -0.3 is 25.0 Å². The number of hydrogen-bond acceptors (Lipinski definition) is 5. The SMILES string of the molecule is C=C(C(=O)N1Cc2ccc(OCCO)cc2C1)/C(O)=C\C(O)=C\CC. The van der Waals surface area contributed by atoms with Crippen LogP contribution in [-0.4, -0.2) is 39.3 Å². The first-order chi connectivity index (χ1) is 12.0. The number of allylic oxidation sites excluding steroid dienone is 2. The van der Waals surface area contributed by atoms with E-state index in [0.717, 1.165) is 17.2 Å². The molecule has 6 heteroatoms. The summed E-state index contributed by atoms with van der Waals surface area (Å²) in [6.07, 6.45) is 3.25. The normalized spacial score (nSPS) is 14.4. The number of hydrogen-bond donors (Lipinski definition) is 3. The van der Waals surface area contributed by atoms with Crippen LogP contribution in [0.5, 0.6) is 5.75 Å². The van der Waals surface area contributed by atoms with Crippen molar-refractivity contribution >= 4 is 5.91 Å². The fraction of sp³-hybridized carbons (Fsp3) is 0.316. The van der Waals surface area contributed by atoms with Crippen LogP contribution in [-0.2, 0) is 17.9 Å². The Labute approximate surface area is 147 Å². The molecule has 0 atom stereocenters. The third-order valence-corrected chi connectivity index (χ3v) is 3.81. The molecule has 0 bridgehead atoms. The summed E-state index contributed by atoms with van der Waals surface area (Å²) in [6.45, 7) is 6.43. The fourth-order valence-corrected chi connectivity index (χ4v) is 2.56. The first-order valence-electron chi connectivity index (χ1n) is 8.10. The molecule has 0 saturated carbocycles. The smallest absolute Gasteiger partial charge is 0.257 e. The van der Waals surface area contributed by atoms with Crippen LogP contribution in [0.1, 0.15) is 24.5 Å². The molecule has 0 aliphatic carbocycles.